The molecule has 0 bridgehead atoms. The highest BCUT2D eigenvalue weighted by Gasteiger charge is 2.36. The zero-order chi connectivity index (χ0) is 18.1. The Morgan fingerprint density at radius 3 is 2.56 bits per heavy atom. The van der Waals surface area contributed by atoms with E-state index in [0.717, 1.165) is 11.1 Å². The third-order valence-corrected chi connectivity index (χ3v) is 4.68. The van der Waals surface area contributed by atoms with Crippen LogP contribution in [0.5, 0.6) is 0 Å². The Balaban J connectivity index is 1.86. The van der Waals surface area contributed by atoms with Crippen LogP contribution >= 0.6 is 0 Å². The van der Waals surface area contributed by atoms with Gasteiger partial charge >= 0.3 is 0 Å². The first kappa shape index (κ1) is 17.1. The van der Waals surface area contributed by atoms with Gasteiger partial charge in [-0.3, -0.25) is 9.59 Å². The number of nitrogens with zero attached hydrogens (tertiary/aromatic N) is 2. The van der Waals surface area contributed by atoms with E-state index in [4.69, 9.17) is 0 Å². The van der Waals surface area contributed by atoms with Gasteiger partial charge in [-0.25, -0.2) is 4.39 Å². The van der Waals surface area contributed by atoms with Gasteiger partial charge in [0.25, 0.3) is 5.91 Å². The molecule has 2 amide bonds. The molecular weight excluding hydrogens is 319 g/mol. The molecular formula is C20H21FN2O2. The van der Waals surface area contributed by atoms with Crippen molar-refractivity contribution in [3.63, 3.8) is 0 Å². The van der Waals surface area contributed by atoms with Crippen LogP contribution in [-0.4, -0.2) is 35.8 Å². The first-order valence-corrected chi connectivity index (χ1v) is 8.34. The van der Waals surface area contributed by atoms with Crippen LogP contribution in [0.25, 0.3) is 0 Å². The van der Waals surface area contributed by atoms with Gasteiger partial charge in [-0.15, -0.1) is 0 Å². The molecule has 0 spiro atoms. The number of aryl methyl sites for hydroxylation is 2. The van der Waals surface area contributed by atoms with Crippen LogP contribution < -0.4 is 4.90 Å². The summed E-state index contributed by atoms with van der Waals surface area (Å²) in [4.78, 5) is 28.6. The summed E-state index contributed by atoms with van der Waals surface area (Å²) in [5.41, 5.74) is 2.63. The lowest BCUT2D eigenvalue weighted by molar-refractivity contribution is -0.124. The van der Waals surface area contributed by atoms with Crippen LogP contribution in [0.4, 0.5) is 10.1 Å². The maximum absolute atomic E-state index is 14.2. The largest absolute Gasteiger partial charge is 0.325 e. The number of hydrogen-bond donors (Lipinski definition) is 0. The molecule has 1 aliphatic rings. The fourth-order valence-electron chi connectivity index (χ4n) is 3.18. The summed E-state index contributed by atoms with van der Waals surface area (Å²) in [6, 6.07) is 11.4. The summed E-state index contributed by atoms with van der Waals surface area (Å²) in [5, 5.41) is 0. The van der Waals surface area contributed by atoms with E-state index in [0.29, 0.717) is 12.1 Å². The summed E-state index contributed by atoms with van der Waals surface area (Å²) < 4.78 is 14.2. The summed E-state index contributed by atoms with van der Waals surface area (Å²) >= 11 is 0. The number of hydrogen-bond acceptors (Lipinski definition) is 2. The maximum Gasteiger partial charge on any atom is 0.254 e. The minimum absolute atomic E-state index is 0.164. The zero-order valence-electron chi connectivity index (χ0n) is 14.6. The molecule has 0 aliphatic carbocycles. The summed E-state index contributed by atoms with van der Waals surface area (Å²) in [7, 11) is 0. The standard InChI is InChI=1S/C20H21FN2O2/c1-13-8-9-17(21)18(12-13)23-11-10-22(15(3)19(23)24)20(25)16-7-5-4-6-14(16)2/h4-9,12,15H,10-11H2,1-3H3/t15-/m0/s1. The van der Waals surface area contributed by atoms with Crippen molar-refractivity contribution in [3.8, 4) is 0 Å². The van der Waals surface area contributed by atoms with Crippen molar-refractivity contribution < 1.29 is 14.0 Å². The first-order chi connectivity index (χ1) is 11.9. The quantitative estimate of drug-likeness (QED) is 0.841. The van der Waals surface area contributed by atoms with Crippen LogP contribution in [0.2, 0.25) is 0 Å². The molecule has 2 aromatic carbocycles. The fraction of sp³-hybridized carbons (Fsp3) is 0.300. The molecule has 0 unspecified atom stereocenters. The second-order valence-corrected chi connectivity index (χ2v) is 6.43. The number of halogens is 1. The minimum Gasteiger partial charge on any atom is -0.325 e. The van der Waals surface area contributed by atoms with E-state index < -0.39 is 11.9 Å². The highest BCUT2D eigenvalue weighted by atomic mass is 19.1. The van der Waals surface area contributed by atoms with Gasteiger partial charge in [0.2, 0.25) is 5.91 Å². The van der Waals surface area contributed by atoms with Crippen molar-refractivity contribution in [2.45, 2.75) is 26.8 Å². The van der Waals surface area contributed by atoms with Crippen LogP contribution in [0.3, 0.4) is 0 Å². The maximum atomic E-state index is 14.2. The molecule has 130 valence electrons. The van der Waals surface area contributed by atoms with Gasteiger partial charge in [-0.05, 0) is 50.1 Å². The van der Waals surface area contributed by atoms with Gasteiger partial charge in [0.1, 0.15) is 11.9 Å². The van der Waals surface area contributed by atoms with E-state index in [-0.39, 0.29) is 24.0 Å². The molecule has 3 rings (SSSR count). The monoisotopic (exact) mass is 340 g/mol. The molecule has 0 N–H and O–H groups in total. The van der Waals surface area contributed by atoms with Crippen LogP contribution in [-0.2, 0) is 4.79 Å². The Hall–Kier alpha value is -2.69. The SMILES string of the molecule is Cc1ccc(F)c(N2CCN(C(=O)c3ccccc3C)[C@@H](C)C2=O)c1. The molecule has 1 heterocycles. The number of carbonyl (C=O) groups excluding carboxylic acids is 2. The molecule has 0 aromatic heterocycles. The van der Waals surface area contributed by atoms with Crippen molar-refractivity contribution in [3.05, 3.63) is 65.0 Å². The lowest BCUT2D eigenvalue weighted by atomic mass is 10.0. The van der Waals surface area contributed by atoms with E-state index in [2.05, 4.69) is 0 Å². The molecule has 2 aromatic rings. The number of anilines is 1. The third kappa shape index (κ3) is 3.14. The molecule has 1 atom stereocenters. The van der Waals surface area contributed by atoms with Gasteiger partial charge < -0.3 is 9.80 Å². The Bertz CT molecular complexity index is 834. The summed E-state index contributed by atoms with van der Waals surface area (Å²) in [6.07, 6.45) is 0. The number of amides is 2. The van der Waals surface area contributed by atoms with Crippen molar-refractivity contribution in [2.75, 3.05) is 18.0 Å². The Morgan fingerprint density at radius 2 is 1.84 bits per heavy atom. The molecule has 0 saturated carbocycles. The van der Waals surface area contributed by atoms with E-state index in [9.17, 15) is 14.0 Å². The van der Waals surface area contributed by atoms with E-state index in [1.54, 1.807) is 30.0 Å². The van der Waals surface area contributed by atoms with Gasteiger partial charge in [-0.2, -0.15) is 0 Å². The van der Waals surface area contributed by atoms with Gasteiger partial charge in [-0.1, -0.05) is 24.3 Å². The second-order valence-electron chi connectivity index (χ2n) is 6.43. The number of carbonyl (C=O) groups is 2. The van der Waals surface area contributed by atoms with E-state index in [1.807, 2.05) is 32.0 Å². The van der Waals surface area contributed by atoms with Crippen molar-refractivity contribution >= 4 is 17.5 Å². The molecule has 0 radical (unpaired) electrons. The first-order valence-electron chi connectivity index (χ1n) is 8.34. The average molecular weight is 340 g/mol. The zero-order valence-corrected chi connectivity index (χ0v) is 14.6. The van der Waals surface area contributed by atoms with E-state index in [1.165, 1.54) is 11.0 Å². The second kappa shape index (κ2) is 6.67. The number of benzene rings is 2. The van der Waals surface area contributed by atoms with Crippen LogP contribution in [0.1, 0.15) is 28.4 Å². The van der Waals surface area contributed by atoms with Gasteiger partial charge in [0.05, 0.1) is 5.69 Å². The number of rotatable bonds is 2. The normalized spacial score (nSPS) is 17.8. The average Bonchev–Trinajstić information content (AvgIpc) is 2.59. The van der Waals surface area contributed by atoms with E-state index >= 15 is 0 Å². The summed E-state index contributed by atoms with van der Waals surface area (Å²) in [6.45, 7) is 6.07. The van der Waals surface area contributed by atoms with Gasteiger partial charge in [0.15, 0.2) is 0 Å². The third-order valence-electron chi connectivity index (χ3n) is 4.68. The Kier molecular flexibility index (Phi) is 4.57. The molecule has 1 aliphatic heterocycles. The minimum atomic E-state index is -0.638. The van der Waals surface area contributed by atoms with Crippen molar-refractivity contribution in [1.29, 1.82) is 0 Å². The molecule has 1 fully saturated rings. The van der Waals surface area contributed by atoms with Crippen molar-refractivity contribution in [2.24, 2.45) is 0 Å². The highest BCUT2D eigenvalue weighted by Crippen LogP contribution is 2.26. The van der Waals surface area contributed by atoms with Crippen molar-refractivity contribution in [1.82, 2.24) is 4.90 Å². The molecule has 5 heteroatoms. The predicted octanol–water partition coefficient (Wildman–Crippen LogP) is 3.32. The molecule has 4 nitrogen and oxygen atoms in total. The van der Waals surface area contributed by atoms with Crippen LogP contribution in [0, 0.1) is 19.7 Å². The Morgan fingerprint density at radius 1 is 1.12 bits per heavy atom. The van der Waals surface area contributed by atoms with Gasteiger partial charge in [0, 0.05) is 18.7 Å². The smallest absolute Gasteiger partial charge is 0.254 e. The Labute approximate surface area is 146 Å². The topological polar surface area (TPSA) is 40.6 Å². The summed E-state index contributed by atoms with van der Waals surface area (Å²) in [5.74, 6) is -0.856. The fourth-order valence-corrected chi connectivity index (χ4v) is 3.18. The lowest BCUT2D eigenvalue weighted by Gasteiger charge is -2.39. The predicted molar refractivity (Wildman–Crippen MR) is 95.2 cm³/mol. The molecule has 25 heavy (non-hydrogen) atoms. The lowest BCUT2D eigenvalue weighted by Crippen LogP contribution is -2.58. The highest BCUT2D eigenvalue weighted by molar-refractivity contribution is 6.04. The van der Waals surface area contributed by atoms with Crippen LogP contribution in [0.15, 0.2) is 42.5 Å². The number of piperazine rings is 1. The molecule has 1 saturated heterocycles.